The Kier molecular flexibility index (Phi) is 4.90. The van der Waals surface area contributed by atoms with Crippen LogP contribution in [-0.4, -0.2) is 5.97 Å². The zero-order chi connectivity index (χ0) is 13.9. The molecule has 0 aliphatic carbocycles. The van der Waals surface area contributed by atoms with Gasteiger partial charge in [0.2, 0.25) is 5.52 Å². The van der Waals surface area contributed by atoms with Crippen LogP contribution in [0.25, 0.3) is 10.9 Å². The summed E-state index contributed by atoms with van der Waals surface area (Å²) in [5.74, 6) is 0.205. The molecule has 0 unspecified atom stereocenters. The lowest BCUT2D eigenvalue weighted by Crippen LogP contribution is -2.27. The first-order valence-corrected chi connectivity index (χ1v) is 6.40. The summed E-state index contributed by atoms with van der Waals surface area (Å²) in [6.45, 7) is 0. The van der Waals surface area contributed by atoms with Gasteiger partial charge in [0.1, 0.15) is 12.8 Å². The average Bonchev–Trinajstić information content (AvgIpc) is 2.49. The number of aromatic nitrogens is 1. The minimum absolute atomic E-state index is 0. The molecule has 0 saturated heterocycles. The highest BCUT2D eigenvalue weighted by Gasteiger charge is 2.10. The molecule has 2 aromatic carbocycles. The van der Waals surface area contributed by atoms with Crippen molar-refractivity contribution in [3.8, 4) is 5.75 Å². The summed E-state index contributed by atoms with van der Waals surface area (Å²) >= 11 is 0. The van der Waals surface area contributed by atoms with Crippen LogP contribution in [-0.2, 0) is 7.05 Å². The van der Waals surface area contributed by atoms with Crippen molar-refractivity contribution in [2.45, 2.75) is 0 Å². The SMILES string of the molecule is C[n+]1cccc2ccc(OC(=O)c3ccccc3)cc21.I. The monoisotopic (exact) mass is 392 g/mol. The molecule has 3 aromatic rings. The van der Waals surface area contributed by atoms with Gasteiger partial charge in [0.15, 0.2) is 6.20 Å². The summed E-state index contributed by atoms with van der Waals surface area (Å²) in [6, 6.07) is 18.6. The Morgan fingerprint density at radius 1 is 1.00 bits per heavy atom. The van der Waals surface area contributed by atoms with Crippen molar-refractivity contribution in [1.29, 1.82) is 0 Å². The molecule has 4 heteroatoms. The Hall–Kier alpha value is -1.95. The fraction of sp³-hybridized carbons (Fsp3) is 0.0588. The van der Waals surface area contributed by atoms with Gasteiger partial charge in [-0.2, -0.15) is 0 Å². The topological polar surface area (TPSA) is 30.2 Å². The van der Waals surface area contributed by atoms with Gasteiger partial charge in [-0.15, -0.1) is 24.0 Å². The number of carbonyl (C=O) groups is 1. The normalized spacial score (nSPS) is 9.95. The number of aryl methyl sites for hydroxylation is 1. The van der Waals surface area contributed by atoms with E-state index < -0.39 is 0 Å². The second kappa shape index (κ2) is 6.67. The highest BCUT2D eigenvalue weighted by Crippen LogP contribution is 2.19. The summed E-state index contributed by atoms with van der Waals surface area (Å²) < 4.78 is 7.41. The highest BCUT2D eigenvalue weighted by molar-refractivity contribution is 14.0. The van der Waals surface area contributed by atoms with E-state index in [-0.39, 0.29) is 29.9 Å². The largest absolute Gasteiger partial charge is 0.423 e. The Morgan fingerprint density at radius 3 is 2.52 bits per heavy atom. The van der Waals surface area contributed by atoms with Crippen molar-refractivity contribution in [3.63, 3.8) is 0 Å². The number of halogens is 1. The number of hydrogen-bond acceptors (Lipinski definition) is 2. The summed E-state index contributed by atoms with van der Waals surface area (Å²) in [6.07, 6.45) is 1.96. The third kappa shape index (κ3) is 3.39. The molecule has 0 fully saturated rings. The summed E-state index contributed by atoms with van der Waals surface area (Å²) in [4.78, 5) is 12.0. The van der Waals surface area contributed by atoms with Crippen LogP contribution in [0.2, 0.25) is 0 Å². The molecule has 0 N–H and O–H groups in total. The van der Waals surface area contributed by atoms with Crippen LogP contribution in [0.15, 0.2) is 66.9 Å². The number of pyridine rings is 1. The van der Waals surface area contributed by atoms with E-state index in [0.29, 0.717) is 11.3 Å². The smallest absolute Gasteiger partial charge is 0.343 e. The molecule has 0 spiro atoms. The summed E-state index contributed by atoms with van der Waals surface area (Å²) in [7, 11) is 1.96. The van der Waals surface area contributed by atoms with Crippen molar-refractivity contribution >= 4 is 40.8 Å². The molecular weight excluding hydrogens is 377 g/mol. The first-order chi connectivity index (χ1) is 9.74. The number of benzene rings is 2. The van der Waals surface area contributed by atoms with Crippen molar-refractivity contribution in [2.24, 2.45) is 7.05 Å². The van der Waals surface area contributed by atoms with E-state index in [1.54, 1.807) is 12.1 Å². The minimum Gasteiger partial charge on any atom is -0.423 e. The average molecular weight is 392 g/mol. The third-order valence-corrected chi connectivity index (χ3v) is 3.19. The van der Waals surface area contributed by atoms with Gasteiger partial charge >= 0.3 is 5.97 Å². The van der Waals surface area contributed by atoms with Gasteiger partial charge in [0, 0.05) is 11.5 Å². The second-order valence-corrected chi connectivity index (χ2v) is 4.60. The summed E-state index contributed by atoms with van der Waals surface area (Å²) in [5, 5.41) is 1.11. The fourth-order valence-electron chi connectivity index (χ4n) is 2.13. The van der Waals surface area contributed by atoms with Crippen molar-refractivity contribution in [3.05, 3.63) is 72.4 Å². The number of ether oxygens (including phenoxy) is 1. The molecular formula is C17H15INO2+. The van der Waals surface area contributed by atoms with Crippen molar-refractivity contribution < 1.29 is 14.1 Å². The molecule has 0 aliphatic rings. The Labute approximate surface area is 140 Å². The van der Waals surface area contributed by atoms with Crippen LogP contribution in [0, 0.1) is 0 Å². The first-order valence-electron chi connectivity index (χ1n) is 6.40. The van der Waals surface area contributed by atoms with Crippen LogP contribution in [0.4, 0.5) is 0 Å². The molecule has 0 radical (unpaired) electrons. The number of carbonyl (C=O) groups excluding carboxylic acids is 1. The fourth-order valence-corrected chi connectivity index (χ4v) is 2.13. The molecule has 21 heavy (non-hydrogen) atoms. The van der Waals surface area contributed by atoms with E-state index in [1.165, 1.54) is 0 Å². The van der Waals surface area contributed by atoms with E-state index in [4.69, 9.17) is 4.74 Å². The molecule has 1 aromatic heterocycles. The van der Waals surface area contributed by atoms with Crippen LogP contribution >= 0.6 is 24.0 Å². The van der Waals surface area contributed by atoms with E-state index in [1.807, 2.05) is 66.3 Å². The molecule has 1 heterocycles. The van der Waals surface area contributed by atoms with Gasteiger partial charge in [-0.3, -0.25) is 0 Å². The van der Waals surface area contributed by atoms with Crippen molar-refractivity contribution in [1.82, 2.24) is 0 Å². The maximum absolute atomic E-state index is 12.0. The standard InChI is InChI=1S/C17H14NO2.HI/c1-18-11-5-8-13-9-10-15(12-16(13)18)20-17(19)14-6-3-2-4-7-14;/h2-12H,1H3;1H/q+1;. The van der Waals surface area contributed by atoms with Gasteiger partial charge in [0.25, 0.3) is 0 Å². The highest BCUT2D eigenvalue weighted by atomic mass is 127. The Balaban J connectivity index is 0.00000161. The maximum Gasteiger partial charge on any atom is 0.343 e. The molecule has 3 rings (SSSR count). The zero-order valence-corrected chi connectivity index (χ0v) is 13.9. The molecule has 0 saturated carbocycles. The van der Waals surface area contributed by atoms with E-state index in [9.17, 15) is 4.79 Å². The lowest BCUT2D eigenvalue weighted by molar-refractivity contribution is -0.644. The zero-order valence-electron chi connectivity index (χ0n) is 11.5. The lowest BCUT2D eigenvalue weighted by atomic mass is 10.2. The molecule has 0 aliphatic heterocycles. The minimum atomic E-state index is -0.344. The van der Waals surface area contributed by atoms with E-state index in [0.717, 1.165) is 10.9 Å². The molecule has 0 amide bonds. The number of fused-ring (bicyclic) bond motifs is 1. The van der Waals surface area contributed by atoms with Gasteiger partial charge < -0.3 is 4.74 Å². The van der Waals surface area contributed by atoms with Gasteiger partial charge in [0.05, 0.1) is 11.6 Å². The summed E-state index contributed by atoms with van der Waals surface area (Å²) in [5.41, 5.74) is 1.57. The predicted octanol–water partition coefficient (Wildman–Crippen LogP) is 3.50. The van der Waals surface area contributed by atoms with Crippen LogP contribution in [0.5, 0.6) is 5.75 Å². The maximum atomic E-state index is 12.0. The lowest BCUT2D eigenvalue weighted by Gasteiger charge is -2.04. The van der Waals surface area contributed by atoms with Gasteiger partial charge in [-0.05, 0) is 30.3 Å². The molecule has 0 atom stereocenters. The van der Waals surface area contributed by atoms with Crippen LogP contribution < -0.4 is 9.30 Å². The molecule has 3 nitrogen and oxygen atoms in total. The number of nitrogens with zero attached hydrogens (tertiary/aromatic N) is 1. The third-order valence-electron chi connectivity index (χ3n) is 3.19. The first kappa shape index (κ1) is 15.4. The van der Waals surface area contributed by atoms with E-state index in [2.05, 4.69) is 0 Å². The number of hydrogen-bond donors (Lipinski definition) is 0. The molecule has 0 bridgehead atoms. The predicted molar refractivity (Wildman–Crippen MR) is 91.9 cm³/mol. The number of esters is 1. The quantitative estimate of drug-likeness (QED) is 0.289. The Morgan fingerprint density at radius 2 is 1.76 bits per heavy atom. The van der Waals surface area contributed by atoms with Gasteiger partial charge in [-0.25, -0.2) is 9.36 Å². The molecule has 106 valence electrons. The van der Waals surface area contributed by atoms with Gasteiger partial charge in [-0.1, -0.05) is 18.2 Å². The van der Waals surface area contributed by atoms with Crippen LogP contribution in [0.1, 0.15) is 10.4 Å². The van der Waals surface area contributed by atoms with Crippen LogP contribution in [0.3, 0.4) is 0 Å². The van der Waals surface area contributed by atoms with E-state index >= 15 is 0 Å². The Bertz CT molecular complexity index is 772. The second-order valence-electron chi connectivity index (χ2n) is 4.60. The van der Waals surface area contributed by atoms with Crippen molar-refractivity contribution in [2.75, 3.05) is 0 Å². The number of rotatable bonds is 2.